The summed E-state index contributed by atoms with van der Waals surface area (Å²) in [7, 11) is 0. The molecule has 2 unspecified atom stereocenters. The molecule has 4 rings (SSSR count). The van der Waals surface area contributed by atoms with Gasteiger partial charge in [-0.3, -0.25) is 4.90 Å². The van der Waals surface area contributed by atoms with Crippen LogP contribution >= 0.6 is 0 Å². The third-order valence-electron chi connectivity index (χ3n) is 5.91. The Kier molecular flexibility index (Phi) is 4.51. The smallest absolute Gasteiger partial charge is 0.385 e. The second-order valence-electron chi connectivity index (χ2n) is 7.67. The van der Waals surface area contributed by atoms with Gasteiger partial charge in [0, 0.05) is 18.6 Å². The van der Waals surface area contributed by atoms with E-state index in [1.165, 1.54) is 0 Å². The van der Waals surface area contributed by atoms with Crippen LogP contribution in [0.25, 0.3) is 0 Å². The Bertz CT molecular complexity index is 807. The van der Waals surface area contributed by atoms with Crippen LogP contribution < -0.4 is 0 Å². The SMILES string of the molecule is OC1(c2ccc(F)cc2C(F)(F)F)CC2CCC(C1)N2Cc1ccccc1. The number of aliphatic hydroxyl groups is 1. The molecule has 2 bridgehead atoms. The minimum absolute atomic E-state index is 0.0140. The average molecular weight is 379 g/mol. The van der Waals surface area contributed by atoms with Gasteiger partial charge >= 0.3 is 6.18 Å². The lowest BCUT2D eigenvalue weighted by Crippen LogP contribution is -2.49. The topological polar surface area (TPSA) is 23.5 Å². The van der Waals surface area contributed by atoms with Crippen LogP contribution in [-0.4, -0.2) is 22.1 Å². The molecule has 0 radical (unpaired) electrons. The molecule has 0 amide bonds. The van der Waals surface area contributed by atoms with Crippen molar-refractivity contribution in [2.75, 3.05) is 0 Å². The van der Waals surface area contributed by atoms with Crippen molar-refractivity contribution < 1.29 is 22.7 Å². The zero-order chi connectivity index (χ0) is 19.2. The summed E-state index contributed by atoms with van der Waals surface area (Å²) in [5.74, 6) is -0.945. The van der Waals surface area contributed by atoms with Crippen molar-refractivity contribution in [2.24, 2.45) is 0 Å². The van der Waals surface area contributed by atoms with Crippen LogP contribution in [0.1, 0.15) is 42.4 Å². The van der Waals surface area contributed by atoms with Crippen molar-refractivity contribution in [3.63, 3.8) is 0 Å². The molecule has 0 saturated carbocycles. The van der Waals surface area contributed by atoms with Crippen molar-refractivity contribution in [1.82, 2.24) is 4.90 Å². The van der Waals surface area contributed by atoms with Gasteiger partial charge in [0.1, 0.15) is 5.82 Å². The van der Waals surface area contributed by atoms with Crippen LogP contribution in [0, 0.1) is 5.82 Å². The number of nitrogens with zero attached hydrogens (tertiary/aromatic N) is 1. The summed E-state index contributed by atoms with van der Waals surface area (Å²) in [6, 6.07) is 12.6. The fourth-order valence-electron chi connectivity index (χ4n) is 4.75. The highest BCUT2D eigenvalue weighted by Crippen LogP contribution is 2.49. The quantitative estimate of drug-likeness (QED) is 0.770. The Hall–Kier alpha value is -1.92. The summed E-state index contributed by atoms with van der Waals surface area (Å²) in [6.07, 6.45) is -2.55. The number of hydrogen-bond acceptors (Lipinski definition) is 2. The number of piperidine rings is 1. The molecule has 2 fully saturated rings. The molecule has 2 aromatic carbocycles. The van der Waals surface area contributed by atoms with E-state index in [4.69, 9.17) is 0 Å². The number of fused-ring (bicyclic) bond motifs is 2. The van der Waals surface area contributed by atoms with E-state index in [0.717, 1.165) is 37.1 Å². The lowest BCUT2D eigenvalue weighted by atomic mass is 9.78. The van der Waals surface area contributed by atoms with E-state index in [-0.39, 0.29) is 30.5 Å². The average Bonchev–Trinajstić information content (AvgIpc) is 2.86. The van der Waals surface area contributed by atoms with E-state index < -0.39 is 23.2 Å². The summed E-state index contributed by atoms with van der Waals surface area (Å²) in [5, 5.41) is 11.2. The number of halogens is 4. The van der Waals surface area contributed by atoms with Gasteiger partial charge in [-0.1, -0.05) is 36.4 Å². The molecule has 2 heterocycles. The molecule has 2 aliphatic rings. The number of rotatable bonds is 3. The van der Waals surface area contributed by atoms with Crippen LogP contribution in [0.15, 0.2) is 48.5 Å². The highest BCUT2D eigenvalue weighted by Gasteiger charge is 2.50. The molecule has 27 heavy (non-hydrogen) atoms. The first kappa shape index (κ1) is 18.4. The van der Waals surface area contributed by atoms with E-state index in [9.17, 15) is 22.7 Å². The highest BCUT2D eigenvalue weighted by molar-refractivity contribution is 5.36. The molecule has 2 saturated heterocycles. The lowest BCUT2D eigenvalue weighted by molar-refractivity contribution is -0.143. The molecule has 0 aliphatic carbocycles. The Balaban J connectivity index is 1.63. The maximum atomic E-state index is 13.4. The van der Waals surface area contributed by atoms with Crippen LogP contribution in [0.2, 0.25) is 0 Å². The Labute approximate surface area is 155 Å². The standard InChI is InChI=1S/C21H21F4NO/c22-15-6-9-18(19(10-15)21(23,24)25)20(27)11-16-7-8-17(12-20)26(16)13-14-4-2-1-3-5-14/h1-6,9-10,16-17,27H,7-8,11-13H2. The summed E-state index contributed by atoms with van der Waals surface area (Å²) in [5.41, 5.74) is -1.71. The first-order valence-electron chi connectivity index (χ1n) is 9.15. The van der Waals surface area contributed by atoms with Crippen LogP contribution in [0.4, 0.5) is 17.6 Å². The van der Waals surface area contributed by atoms with Crippen LogP contribution in [0.3, 0.4) is 0 Å². The molecule has 6 heteroatoms. The summed E-state index contributed by atoms with van der Waals surface area (Å²) < 4.78 is 53.8. The lowest BCUT2D eigenvalue weighted by Gasteiger charge is -2.44. The molecule has 2 nitrogen and oxygen atoms in total. The van der Waals surface area contributed by atoms with Crippen molar-refractivity contribution in [2.45, 2.75) is 56.1 Å². The second-order valence-corrected chi connectivity index (χ2v) is 7.67. The van der Waals surface area contributed by atoms with Gasteiger partial charge in [0.2, 0.25) is 0 Å². The number of hydrogen-bond donors (Lipinski definition) is 1. The zero-order valence-electron chi connectivity index (χ0n) is 14.7. The predicted octanol–water partition coefficient (Wildman–Crippen LogP) is 4.86. The fraction of sp³-hybridized carbons (Fsp3) is 0.429. The van der Waals surface area contributed by atoms with Crippen molar-refractivity contribution >= 4 is 0 Å². The molecule has 2 aromatic rings. The fourth-order valence-corrected chi connectivity index (χ4v) is 4.75. The van der Waals surface area contributed by atoms with Crippen LogP contribution in [0.5, 0.6) is 0 Å². The molecule has 1 N–H and O–H groups in total. The molecular formula is C21H21F4NO. The summed E-state index contributed by atoms with van der Waals surface area (Å²) in [6.45, 7) is 0.724. The first-order valence-corrected chi connectivity index (χ1v) is 9.15. The Morgan fingerprint density at radius 1 is 1.00 bits per heavy atom. The van der Waals surface area contributed by atoms with Crippen molar-refractivity contribution in [3.8, 4) is 0 Å². The predicted molar refractivity (Wildman–Crippen MR) is 93.3 cm³/mol. The zero-order valence-corrected chi connectivity index (χ0v) is 14.7. The van der Waals surface area contributed by atoms with Gasteiger partial charge in [-0.25, -0.2) is 4.39 Å². The minimum Gasteiger partial charge on any atom is -0.385 e. The number of alkyl halides is 3. The molecule has 2 atom stereocenters. The third-order valence-corrected chi connectivity index (χ3v) is 5.91. The van der Waals surface area contributed by atoms with Crippen LogP contribution in [-0.2, 0) is 18.3 Å². The Morgan fingerprint density at radius 3 is 2.22 bits per heavy atom. The number of benzene rings is 2. The minimum atomic E-state index is -4.70. The van der Waals surface area contributed by atoms with Gasteiger partial charge in [0.15, 0.2) is 0 Å². The molecule has 0 spiro atoms. The summed E-state index contributed by atoms with van der Waals surface area (Å²) in [4.78, 5) is 2.29. The van der Waals surface area contributed by atoms with Gasteiger partial charge in [0.25, 0.3) is 0 Å². The van der Waals surface area contributed by atoms with E-state index in [2.05, 4.69) is 4.90 Å². The normalized spacial score (nSPS) is 28.5. The highest BCUT2D eigenvalue weighted by atomic mass is 19.4. The van der Waals surface area contributed by atoms with E-state index >= 15 is 0 Å². The molecule has 144 valence electrons. The van der Waals surface area contributed by atoms with Gasteiger partial charge in [0.05, 0.1) is 11.2 Å². The second kappa shape index (κ2) is 6.60. The van der Waals surface area contributed by atoms with Crippen molar-refractivity contribution in [3.05, 3.63) is 71.0 Å². The van der Waals surface area contributed by atoms with Gasteiger partial charge in [-0.05, 0) is 48.9 Å². The monoisotopic (exact) mass is 379 g/mol. The molecular weight excluding hydrogens is 358 g/mol. The van der Waals surface area contributed by atoms with E-state index in [1.54, 1.807) is 0 Å². The van der Waals surface area contributed by atoms with E-state index in [1.807, 2.05) is 30.3 Å². The van der Waals surface area contributed by atoms with E-state index in [0.29, 0.717) is 6.07 Å². The van der Waals surface area contributed by atoms with Gasteiger partial charge < -0.3 is 5.11 Å². The first-order chi connectivity index (χ1) is 12.8. The maximum Gasteiger partial charge on any atom is 0.416 e. The van der Waals surface area contributed by atoms with Gasteiger partial charge in [-0.2, -0.15) is 13.2 Å². The largest absolute Gasteiger partial charge is 0.416 e. The van der Waals surface area contributed by atoms with Gasteiger partial charge in [-0.15, -0.1) is 0 Å². The Morgan fingerprint density at radius 2 is 1.63 bits per heavy atom. The summed E-state index contributed by atoms with van der Waals surface area (Å²) >= 11 is 0. The molecule has 2 aliphatic heterocycles. The van der Waals surface area contributed by atoms with Crippen molar-refractivity contribution in [1.29, 1.82) is 0 Å². The maximum absolute atomic E-state index is 13.4. The molecule has 0 aromatic heterocycles. The third kappa shape index (κ3) is 3.48.